The molecule has 0 unspecified atom stereocenters. The number of hydrogen-bond donors (Lipinski definition) is 2. The Hall–Kier alpha value is -2.12. The number of nitrogens with zero attached hydrogens (tertiary/aromatic N) is 1. The zero-order valence-electron chi connectivity index (χ0n) is 16.1. The first kappa shape index (κ1) is 19.6. The normalized spacial score (nSPS) is 15.5. The molecule has 0 spiro atoms. The number of piperidine rings is 1. The van der Waals surface area contributed by atoms with Gasteiger partial charge in [-0.3, -0.25) is 0 Å². The number of ether oxygens (including phenoxy) is 1. The van der Waals surface area contributed by atoms with Crippen LogP contribution in [0.1, 0.15) is 29.7 Å². The van der Waals surface area contributed by atoms with Crippen LogP contribution in [0.5, 0.6) is 5.75 Å². The molecule has 2 aromatic rings. The third kappa shape index (κ3) is 5.20. The summed E-state index contributed by atoms with van der Waals surface area (Å²) in [6.07, 6.45) is 3.53. The molecule has 0 atom stereocenters. The molecule has 1 aromatic carbocycles. The van der Waals surface area contributed by atoms with Gasteiger partial charge in [0.2, 0.25) is 0 Å². The largest absolute Gasteiger partial charge is 0.490 e. The van der Waals surface area contributed by atoms with Gasteiger partial charge in [-0.25, -0.2) is 13.4 Å². The predicted molar refractivity (Wildman–Crippen MR) is 107 cm³/mol. The summed E-state index contributed by atoms with van der Waals surface area (Å²) >= 11 is 0. The average Bonchev–Trinajstić information content (AvgIpc) is 2.62. The summed E-state index contributed by atoms with van der Waals surface area (Å²) < 4.78 is 29.3. The van der Waals surface area contributed by atoms with Crippen LogP contribution in [0.15, 0.2) is 35.4 Å². The summed E-state index contributed by atoms with van der Waals surface area (Å²) in [5.74, 6) is 0.915. The molecule has 0 bridgehead atoms. The number of rotatable bonds is 6. The minimum absolute atomic E-state index is 0.0983. The Kier molecular flexibility index (Phi) is 6.01. The van der Waals surface area contributed by atoms with E-state index in [0.717, 1.165) is 42.9 Å². The number of sulfone groups is 1. The molecule has 0 aliphatic carbocycles. The Morgan fingerprint density at radius 1 is 1.19 bits per heavy atom. The van der Waals surface area contributed by atoms with Gasteiger partial charge in [0.05, 0.1) is 11.4 Å². The van der Waals surface area contributed by atoms with Crippen LogP contribution in [-0.4, -0.2) is 38.9 Å². The zero-order chi connectivity index (χ0) is 19.4. The van der Waals surface area contributed by atoms with E-state index in [2.05, 4.69) is 34.7 Å². The Morgan fingerprint density at radius 2 is 1.93 bits per heavy atom. The first-order valence-electron chi connectivity index (χ1n) is 9.21. The summed E-state index contributed by atoms with van der Waals surface area (Å²) in [6, 6.07) is 9.48. The van der Waals surface area contributed by atoms with Gasteiger partial charge in [0.15, 0.2) is 14.9 Å². The van der Waals surface area contributed by atoms with Crippen LogP contribution in [-0.2, 0) is 16.4 Å². The van der Waals surface area contributed by atoms with E-state index in [9.17, 15) is 8.42 Å². The average molecular weight is 390 g/mol. The molecule has 0 amide bonds. The van der Waals surface area contributed by atoms with Gasteiger partial charge >= 0.3 is 0 Å². The fourth-order valence-corrected chi connectivity index (χ4v) is 3.79. The van der Waals surface area contributed by atoms with Gasteiger partial charge < -0.3 is 15.4 Å². The maximum Gasteiger partial charge on any atom is 0.192 e. The van der Waals surface area contributed by atoms with Crippen LogP contribution < -0.4 is 15.4 Å². The summed E-state index contributed by atoms with van der Waals surface area (Å²) in [5.41, 5.74) is 3.82. The highest BCUT2D eigenvalue weighted by atomic mass is 32.2. The van der Waals surface area contributed by atoms with Crippen molar-refractivity contribution in [2.45, 2.75) is 44.4 Å². The van der Waals surface area contributed by atoms with Gasteiger partial charge in [-0.1, -0.05) is 6.07 Å². The second-order valence-corrected chi connectivity index (χ2v) is 9.03. The number of hydrogen-bond acceptors (Lipinski definition) is 6. The minimum Gasteiger partial charge on any atom is -0.490 e. The minimum atomic E-state index is -3.29. The fraction of sp³-hybridized carbons (Fsp3) is 0.450. The lowest BCUT2D eigenvalue weighted by Crippen LogP contribution is -2.34. The molecular formula is C20H27N3O3S. The molecule has 3 rings (SSSR count). The van der Waals surface area contributed by atoms with E-state index in [-0.39, 0.29) is 11.1 Å². The highest BCUT2D eigenvalue weighted by molar-refractivity contribution is 7.90. The third-order valence-electron chi connectivity index (χ3n) is 4.81. The second-order valence-electron chi connectivity index (χ2n) is 7.06. The monoisotopic (exact) mass is 389 g/mol. The maximum atomic E-state index is 11.6. The number of nitrogens with one attached hydrogen (secondary N) is 2. The number of anilines is 1. The second kappa shape index (κ2) is 8.27. The lowest BCUT2D eigenvalue weighted by molar-refractivity contribution is 0.162. The van der Waals surface area contributed by atoms with Crippen molar-refractivity contribution < 1.29 is 13.2 Å². The number of benzene rings is 1. The van der Waals surface area contributed by atoms with Crippen molar-refractivity contribution in [2.24, 2.45) is 0 Å². The van der Waals surface area contributed by atoms with E-state index >= 15 is 0 Å². The summed E-state index contributed by atoms with van der Waals surface area (Å²) in [5, 5.41) is 6.78. The van der Waals surface area contributed by atoms with Crippen LogP contribution >= 0.6 is 0 Å². The van der Waals surface area contributed by atoms with Crippen LogP contribution in [0.4, 0.5) is 5.69 Å². The summed E-state index contributed by atoms with van der Waals surface area (Å²) in [7, 11) is -3.29. The summed E-state index contributed by atoms with van der Waals surface area (Å²) in [4.78, 5) is 4.18. The fourth-order valence-electron chi connectivity index (χ4n) is 3.17. The topological polar surface area (TPSA) is 80.3 Å². The van der Waals surface area contributed by atoms with Crippen LogP contribution in [0.25, 0.3) is 0 Å². The van der Waals surface area contributed by atoms with E-state index in [1.54, 1.807) is 13.0 Å². The van der Waals surface area contributed by atoms with Crippen molar-refractivity contribution in [3.05, 3.63) is 47.2 Å². The first-order valence-corrected chi connectivity index (χ1v) is 11.1. The maximum absolute atomic E-state index is 11.6. The van der Waals surface area contributed by atoms with Crippen molar-refractivity contribution in [3.8, 4) is 5.75 Å². The molecular weight excluding hydrogens is 362 g/mol. The molecule has 1 aliphatic heterocycles. The molecule has 2 N–H and O–H groups in total. The third-order valence-corrected chi connectivity index (χ3v) is 5.80. The SMILES string of the molecule is Cc1cc(OC2CCNCC2)ccc1CNc1ccc(S(C)(=O)=O)nc1C. The van der Waals surface area contributed by atoms with E-state index in [1.807, 2.05) is 6.07 Å². The van der Waals surface area contributed by atoms with E-state index in [1.165, 1.54) is 17.9 Å². The van der Waals surface area contributed by atoms with Gasteiger partial charge in [0.1, 0.15) is 11.9 Å². The molecule has 146 valence electrons. The quantitative estimate of drug-likeness (QED) is 0.791. The standard InChI is InChI=1S/C20H27N3O3S/c1-14-12-18(26-17-8-10-21-11-9-17)5-4-16(14)13-22-19-6-7-20(23-15(19)2)27(3,24)25/h4-7,12,17,21-22H,8-11,13H2,1-3H3. The van der Waals surface area contributed by atoms with Crippen LogP contribution in [0, 0.1) is 13.8 Å². The molecule has 6 nitrogen and oxygen atoms in total. The van der Waals surface area contributed by atoms with E-state index < -0.39 is 9.84 Å². The van der Waals surface area contributed by atoms with Crippen LogP contribution in [0.3, 0.4) is 0 Å². The number of pyridine rings is 1. The Labute approximate surface area is 161 Å². The van der Waals surface area contributed by atoms with Gasteiger partial charge in [-0.2, -0.15) is 0 Å². The van der Waals surface area contributed by atoms with Gasteiger partial charge in [0, 0.05) is 12.8 Å². The highest BCUT2D eigenvalue weighted by Gasteiger charge is 2.15. The van der Waals surface area contributed by atoms with E-state index in [4.69, 9.17) is 4.74 Å². The van der Waals surface area contributed by atoms with Crippen molar-refractivity contribution in [1.82, 2.24) is 10.3 Å². The molecule has 2 heterocycles. The van der Waals surface area contributed by atoms with Gasteiger partial charge in [-0.05, 0) is 75.2 Å². The predicted octanol–water partition coefficient (Wildman–Crippen LogP) is 2.84. The Bertz CT molecular complexity index is 907. The van der Waals surface area contributed by atoms with Crippen LogP contribution in [0.2, 0.25) is 0 Å². The molecule has 0 saturated carbocycles. The molecule has 0 radical (unpaired) electrons. The molecule has 1 saturated heterocycles. The summed E-state index contributed by atoms with van der Waals surface area (Å²) in [6.45, 7) is 6.54. The number of aromatic nitrogens is 1. The van der Waals surface area contributed by atoms with E-state index in [0.29, 0.717) is 12.2 Å². The molecule has 1 aliphatic rings. The van der Waals surface area contributed by atoms with Gasteiger partial charge in [-0.15, -0.1) is 0 Å². The van der Waals surface area contributed by atoms with Crippen molar-refractivity contribution in [2.75, 3.05) is 24.7 Å². The van der Waals surface area contributed by atoms with Crippen molar-refractivity contribution in [3.63, 3.8) is 0 Å². The highest BCUT2D eigenvalue weighted by Crippen LogP contribution is 2.22. The molecule has 1 fully saturated rings. The number of aryl methyl sites for hydroxylation is 2. The zero-order valence-corrected chi connectivity index (χ0v) is 16.9. The van der Waals surface area contributed by atoms with Crippen molar-refractivity contribution in [1.29, 1.82) is 0 Å². The Morgan fingerprint density at radius 3 is 2.56 bits per heavy atom. The Balaban J connectivity index is 1.64. The lowest BCUT2D eigenvalue weighted by Gasteiger charge is -2.24. The molecule has 27 heavy (non-hydrogen) atoms. The molecule has 7 heteroatoms. The molecule has 1 aromatic heterocycles. The van der Waals surface area contributed by atoms with Gasteiger partial charge in [0.25, 0.3) is 0 Å². The first-order chi connectivity index (χ1) is 12.8. The lowest BCUT2D eigenvalue weighted by atomic mass is 10.1. The van der Waals surface area contributed by atoms with Crippen molar-refractivity contribution >= 4 is 15.5 Å². The smallest absolute Gasteiger partial charge is 0.192 e.